The monoisotopic (exact) mass is 316 g/mol. The Balaban J connectivity index is 1.70. The Bertz CT molecular complexity index is 676. The van der Waals surface area contributed by atoms with Crippen molar-refractivity contribution in [1.82, 2.24) is 20.2 Å². The number of hydrogen-bond donors (Lipinski definition) is 3. The lowest BCUT2D eigenvalue weighted by Crippen LogP contribution is -2.47. The van der Waals surface area contributed by atoms with Crippen molar-refractivity contribution in [2.75, 3.05) is 26.2 Å². The van der Waals surface area contributed by atoms with Gasteiger partial charge in [-0.25, -0.2) is 4.98 Å². The van der Waals surface area contributed by atoms with E-state index in [0.29, 0.717) is 17.6 Å². The number of benzene rings is 1. The number of aliphatic hydroxyl groups excluding tert-OH is 1. The van der Waals surface area contributed by atoms with Gasteiger partial charge in [0, 0.05) is 6.54 Å². The Labute approximate surface area is 135 Å². The molecule has 2 heterocycles. The van der Waals surface area contributed by atoms with Gasteiger partial charge in [0.15, 0.2) is 0 Å². The van der Waals surface area contributed by atoms with Gasteiger partial charge >= 0.3 is 0 Å². The molecule has 124 valence electrons. The normalized spacial score (nSPS) is 17.3. The van der Waals surface area contributed by atoms with Gasteiger partial charge in [0.2, 0.25) is 0 Å². The summed E-state index contributed by atoms with van der Waals surface area (Å²) in [6.45, 7) is 4.59. The fourth-order valence-corrected chi connectivity index (χ4v) is 3.20. The largest absolute Gasteiger partial charge is 0.394 e. The van der Waals surface area contributed by atoms with Gasteiger partial charge in [-0.05, 0) is 45.0 Å². The lowest BCUT2D eigenvalue weighted by atomic mass is 10.1. The minimum absolute atomic E-state index is 0.0577. The van der Waals surface area contributed by atoms with Crippen molar-refractivity contribution < 1.29 is 9.90 Å². The van der Waals surface area contributed by atoms with E-state index in [2.05, 4.69) is 20.2 Å². The number of carbonyl (C=O) groups excluding carboxylic acids is 1. The van der Waals surface area contributed by atoms with Gasteiger partial charge in [-0.15, -0.1) is 0 Å². The number of para-hydroxylation sites is 1. The van der Waals surface area contributed by atoms with Crippen LogP contribution in [0.15, 0.2) is 18.2 Å². The zero-order chi connectivity index (χ0) is 16.2. The molecule has 3 rings (SSSR count). The van der Waals surface area contributed by atoms with E-state index in [4.69, 9.17) is 0 Å². The Morgan fingerprint density at radius 1 is 1.39 bits per heavy atom. The van der Waals surface area contributed by atoms with E-state index >= 15 is 0 Å². The van der Waals surface area contributed by atoms with Crippen LogP contribution in [0.5, 0.6) is 0 Å². The highest BCUT2D eigenvalue weighted by atomic mass is 16.3. The second-order valence-electron chi connectivity index (χ2n) is 6.24. The molecule has 0 aliphatic carbocycles. The topological polar surface area (TPSA) is 81.2 Å². The average Bonchev–Trinajstić information content (AvgIpc) is 2.95. The quantitative estimate of drug-likeness (QED) is 0.780. The summed E-state index contributed by atoms with van der Waals surface area (Å²) in [5, 5.41) is 12.6. The molecule has 1 amide bonds. The molecule has 6 heteroatoms. The first-order valence-corrected chi connectivity index (χ1v) is 8.27. The van der Waals surface area contributed by atoms with Crippen LogP contribution < -0.4 is 5.32 Å². The highest BCUT2D eigenvalue weighted by molar-refractivity contribution is 6.05. The molecule has 0 spiro atoms. The van der Waals surface area contributed by atoms with E-state index in [1.807, 2.05) is 19.1 Å². The number of piperidine rings is 1. The van der Waals surface area contributed by atoms with Gasteiger partial charge in [-0.2, -0.15) is 0 Å². The Morgan fingerprint density at radius 2 is 2.17 bits per heavy atom. The maximum absolute atomic E-state index is 12.6. The molecular formula is C17H24N4O2. The van der Waals surface area contributed by atoms with Gasteiger partial charge in [0.05, 0.1) is 23.7 Å². The standard InChI is InChI=1S/C17H24N4O2/c1-12-18-15-7-5-6-14(16(15)19-12)17(23)20-13(11-22)10-21-8-3-2-4-9-21/h5-7,13,22H,2-4,8-11H2,1H3,(H,18,19)(H,20,23). The molecule has 0 bridgehead atoms. The van der Waals surface area contributed by atoms with Gasteiger partial charge in [-0.1, -0.05) is 12.5 Å². The van der Waals surface area contributed by atoms with E-state index in [-0.39, 0.29) is 18.6 Å². The number of fused-ring (bicyclic) bond motifs is 1. The number of carbonyl (C=O) groups is 1. The number of nitrogens with zero attached hydrogens (tertiary/aromatic N) is 2. The molecule has 1 atom stereocenters. The molecule has 1 aromatic carbocycles. The first-order valence-electron chi connectivity index (χ1n) is 8.27. The molecule has 1 aromatic heterocycles. The smallest absolute Gasteiger partial charge is 0.253 e. The SMILES string of the molecule is Cc1nc2c(C(=O)NC(CO)CN3CCCCC3)cccc2[nH]1. The molecule has 1 aliphatic heterocycles. The zero-order valence-corrected chi connectivity index (χ0v) is 13.5. The molecular weight excluding hydrogens is 292 g/mol. The number of hydrogen-bond acceptors (Lipinski definition) is 4. The number of aromatic nitrogens is 2. The molecule has 0 saturated carbocycles. The fourth-order valence-electron chi connectivity index (χ4n) is 3.20. The van der Waals surface area contributed by atoms with Gasteiger partial charge in [0.25, 0.3) is 5.91 Å². The maximum Gasteiger partial charge on any atom is 0.253 e. The molecule has 1 unspecified atom stereocenters. The van der Waals surface area contributed by atoms with Crippen LogP contribution in [0.4, 0.5) is 0 Å². The second-order valence-corrected chi connectivity index (χ2v) is 6.24. The van der Waals surface area contributed by atoms with E-state index in [1.54, 1.807) is 6.07 Å². The van der Waals surface area contributed by atoms with Crippen LogP contribution in [-0.2, 0) is 0 Å². The first-order chi connectivity index (χ1) is 11.2. The number of aryl methyl sites for hydroxylation is 1. The maximum atomic E-state index is 12.6. The third-order valence-corrected chi connectivity index (χ3v) is 4.36. The van der Waals surface area contributed by atoms with Crippen LogP contribution >= 0.6 is 0 Å². The molecule has 3 N–H and O–H groups in total. The van der Waals surface area contributed by atoms with Crippen molar-refractivity contribution in [3.8, 4) is 0 Å². The third-order valence-electron chi connectivity index (χ3n) is 4.36. The van der Waals surface area contributed by atoms with E-state index in [1.165, 1.54) is 19.3 Å². The van der Waals surface area contributed by atoms with Crippen molar-refractivity contribution >= 4 is 16.9 Å². The first kappa shape index (κ1) is 16.0. The molecule has 23 heavy (non-hydrogen) atoms. The highest BCUT2D eigenvalue weighted by Crippen LogP contribution is 2.16. The molecule has 1 saturated heterocycles. The molecule has 0 radical (unpaired) electrons. The van der Waals surface area contributed by atoms with Crippen molar-refractivity contribution in [2.24, 2.45) is 0 Å². The van der Waals surface area contributed by atoms with Crippen molar-refractivity contribution in [3.63, 3.8) is 0 Å². The predicted molar refractivity (Wildman–Crippen MR) is 89.5 cm³/mol. The number of likely N-dealkylation sites (tertiary alicyclic amines) is 1. The third kappa shape index (κ3) is 3.71. The van der Waals surface area contributed by atoms with Crippen molar-refractivity contribution in [2.45, 2.75) is 32.2 Å². The summed E-state index contributed by atoms with van der Waals surface area (Å²) in [5.74, 6) is 0.602. The Hall–Kier alpha value is -1.92. The van der Waals surface area contributed by atoms with E-state index < -0.39 is 0 Å². The molecule has 1 aliphatic rings. The van der Waals surface area contributed by atoms with Crippen molar-refractivity contribution in [3.05, 3.63) is 29.6 Å². The predicted octanol–water partition coefficient (Wildman–Crippen LogP) is 1.45. The lowest BCUT2D eigenvalue weighted by Gasteiger charge is -2.30. The average molecular weight is 316 g/mol. The van der Waals surface area contributed by atoms with Gasteiger partial charge in [-0.3, -0.25) is 4.79 Å². The number of aromatic amines is 1. The van der Waals surface area contributed by atoms with Crippen LogP contribution in [-0.4, -0.2) is 58.2 Å². The summed E-state index contributed by atoms with van der Waals surface area (Å²) >= 11 is 0. The second kappa shape index (κ2) is 7.10. The summed E-state index contributed by atoms with van der Waals surface area (Å²) in [6.07, 6.45) is 3.66. The number of H-pyrrole nitrogens is 1. The summed E-state index contributed by atoms with van der Waals surface area (Å²) in [7, 11) is 0. The number of nitrogens with one attached hydrogen (secondary N) is 2. The number of imidazole rings is 1. The van der Waals surface area contributed by atoms with Crippen LogP contribution in [0.2, 0.25) is 0 Å². The molecule has 1 fully saturated rings. The summed E-state index contributed by atoms with van der Waals surface area (Å²) < 4.78 is 0. The Kier molecular flexibility index (Phi) is 4.93. The number of aliphatic hydroxyl groups is 1. The lowest BCUT2D eigenvalue weighted by molar-refractivity contribution is 0.0888. The summed E-state index contributed by atoms with van der Waals surface area (Å²) in [6, 6.07) is 5.26. The minimum Gasteiger partial charge on any atom is -0.394 e. The fraction of sp³-hybridized carbons (Fsp3) is 0.529. The molecule has 6 nitrogen and oxygen atoms in total. The summed E-state index contributed by atoms with van der Waals surface area (Å²) in [5.41, 5.74) is 2.08. The Morgan fingerprint density at radius 3 is 2.91 bits per heavy atom. The van der Waals surface area contributed by atoms with Crippen molar-refractivity contribution in [1.29, 1.82) is 0 Å². The van der Waals surface area contributed by atoms with Crippen LogP contribution in [0.1, 0.15) is 35.4 Å². The summed E-state index contributed by atoms with van der Waals surface area (Å²) in [4.78, 5) is 22.4. The van der Waals surface area contributed by atoms with E-state index in [0.717, 1.165) is 24.4 Å². The number of amides is 1. The molecule has 2 aromatic rings. The van der Waals surface area contributed by atoms with E-state index in [9.17, 15) is 9.90 Å². The van der Waals surface area contributed by atoms with Gasteiger partial charge in [0.1, 0.15) is 11.3 Å². The zero-order valence-electron chi connectivity index (χ0n) is 13.5. The number of rotatable bonds is 5. The van der Waals surface area contributed by atoms with Crippen LogP contribution in [0.25, 0.3) is 11.0 Å². The van der Waals surface area contributed by atoms with Crippen LogP contribution in [0.3, 0.4) is 0 Å². The van der Waals surface area contributed by atoms with Crippen LogP contribution in [0, 0.1) is 6.92 Å². The van der Waals surface area contributed by atoms with Gasteiger partial charge < -0.3 is 20.3 Å². The minimum atomic E-state index is -0.254. The highest BCUT2D eigenvalue weighted by Gasteiger charge is 2.20.